The predicted octanol–water partition coefficient (Wildman–Crippen LogP) is 6.19. The van der Waals surface area contributed by atoms with Crippen LogP contribution in [0.1, 0.15) is 44.3 Å². The second-order valence-corrected chi connectivity index (χ2v) is 10.7. The van der Waals surface area contributed by atoms with Crippen molar-refractivity contribution in [2.24, 2.45) is 11.8 Å². The first kappa shape index (κ1) is 17.8. The van der Waals surface area contributed by atoms with Gasteiger partial charge in [0.25, 0.3) is 0 Å². The molecule has 0 radical (unpaired) electrons. The Morgan fingerprint density at radius 2 is 1.34 bits per heavy atom. The van der Waals surface area contributed by atoms with E-state index in [1.54, 1.807) is 0 Å². The van der Waals surface area contributed by atoms with E-state index in [1.807, 2.05) is 12.1 Å². The van der Waals surface area contributed by atoms with Gasteiger partial charge in [-0.1, -0.05) is 76.6 Å². The van der Waals surface area contributed by atoms with Crippen molar-refractivity contribution in [3.05, 3.63) is 66.5 Å². The fraction of sp³-hybridized carbons (Fsp3) is 0.400. The van der Waals surface area contributed by atoms with Crippen LogP contribution in [0.5, 0.6) is 0 Å². The SMILES string of the molecule is BrC12CCC3(c4nc(-c5ccccc5)nc(-c5ccccc5)n4)CCC(C1)C2C3. The number of aromatic nitrogens is 3. The summed E-state index contributed by atoms with van der Waals surface area (Å²) in [5.41, 5.74) is 2.23. The van der Waals surface area contributed by atoms with Crippen LogP contribution < -0.4 is 0 Å². The molecule has 6 rings (SSSR count). The van der Waals surface area contributed by atoms with Gasteiger partial charge in [0.15, 0.2) is 11.6 Å². The molecular formula is C25H24BrN3. The summed E-state index contributed by atoms with van der Waals surface area (Å²) in [5, 5.41) is 0. The fourth-order valence-electron chi connectivity index (χ4n) is 5.95. The van der Waals surface area contributed by atoms with Gasteiger partial charge in [-0.3, -0.25) is 0 Å². The molecule has 3 aromatic rings. The summed E-state index contributed by atoms with van der Waals surface area (Å²) in [5.74, 6) is 4.30. The summed E-state index contributed by atoms with van der Waals surface area (Å²) in [6.45, 7) is 0. The van der Waals surface area contributed by atoms with Crippen LogP contribution in [0.3, 0.4) is 0 Å². The van der Waals surface area contributed by atoms with Crippen molar-refractivity contribution >= 4 is 15.9 Å². The summed E-state index contributed by atoms with van der Waals surface area (Å²) < 4.78 is 0.388. The molecule has 1 aromatic heterocycles. The number of benzene rings is 2. The van der Waals surface area contributed by atoms with Crippen LogP contribution in [0, 0.1) is 11.8 Å². The number of halogens is 1. The Balaban J connectivity index is 1.49. The third-order valence-corrected chi connectivity index (χ3v) is 8.94. The minimum Gasteiger partial charge on any atom is -0.212 e. The van der Waals surface area contributed by atoms with E-state index in [0.29, 0.717) is 4.32 Å². The lowest BCUT2D eigenvalue weighted by Crippen LogP contribution is -2.60. The quantitative estimate of drug-likeness (QED) is 0.451. The smallest absolute Gasteiger partial charge is 0.163 e. The van der Waals surface area contributed by atoms with Crippen LogP contribution in [0.25, 0.3) is 22.8 Å². The monoisotopic (exact) mass is 445 g/mol. The molecule has 2 aromatic carbocycles. The Bertz CT molecular complexity index is 996. The molecule has 0 spiro atoms. The molecule has 0 N–H and O–H groups in total. The number of hydrogen-bond donors (Lipinski definition) is 0. The maximum absolute atomic E-state index is 5.09. The predicted molar refractivity (Wildman–Crippen MR) is 119 cm³/mol. The van der Waals surface area contributed by atoms with E-state index in [1.165, 1.54) is 38.5 Å². The number of alkyl halides is 1. The minimum absolute atomic E-state index is 0.106. The molecule has 0 amide bonds. The van der Waals surface area contributed by atoms with Crippen molar-refractivity contribution in [2.75, 3.05) is 0 Å². The molecule has 2 bridgehead atoms. The molecule has 1 heterocycles. The van der Waals surface area contributed by atoms with Gasteiger partial charge < -0.3 is 0 Å². The number of rotatable bonds is 3. The Hall–Kier alpha value is -2.07. The molecule has 3 nitrogen and oxygen atoms in total. The zero-order valence-electron chi connectivity index (χ0n) is 16.4. The summed E-state index contributed by atoms with van der Waals surface area (Å²) in [6.07, 6.45) is 7.51. The normalized spacial score (nSPS) is 32.4. The van der Waals surface area contributed by atoms with Crippen molar-refractivity contribution in [3.63, 3.8) is 0 Å². The third-order valence-electron chi connectivity index (χ3n) is 7.63. The van der Waals surface area contributed by atoms with E-state index in [2.05, 4.69) is 64.5 Å². The Kier molecular flexibility index (Phi) is 3.96. The lowest BCUT2D eigenvalue weighted by Gasteiger charge is -2.63. The van der Waals surface area contributed by atoms with Gasteiger partial charge in [0, 0.05) is 20.9 Å². The summed E-state index contributed by atoms with van der Waals surface area (Å²) in [4.78, 5) is 15.1. The van der Waals surface area contributed by atoms with Crippen LogP contribution in [-0.4, -0.2) is 19.3 Å². The molecule has 0 aliphatic heterocycles. The van der Waals surface area contributed by atoms with Crippen molar-refractivity contribution in [1.82, 2.24) is 15.0 Å². The molecule has 4 atom stereocenters. The highest BCUT2D eigenvalue weighted by molar-refractivity contribution is 9.10. The zero-order chi connectivity index (χ0) is 19.5. The topological polar surface area (TPSA) is 38.7 Å². The van der Waals surface area contributed by atoms with Crippen LogP contribution in [0.4, 0.5) is 0 Å². The van der Waals surface area contributed by atoms with E-state index in [-0.39, 0.29) is 5.41 Å². The van der Waals surface area contributed by atoms with E-state index in [4.69, 9.17) is 15.0 Å². The highest BCUT2D eigenvalue weighted by Crippen LogP contribution is 2.67. The van der Waals surface area contributed by atoms with Crippen molar-refractivity contribution in [2.45, 2.75) is 48.3 Å². The number of hydrogen-bond acceptors (Lipinski definition) is 3. The molecule has 3 aliphatic rings. The van der Waals surface area contributed by atoms with Gasteiger partial charge in [-0.25, -0.2) is 15.0 Å². The maximum Gasteiger partial charge on any atom is 0.163 e. The van der Waals surface area contributed by atoms with Gasteiger partial charge in [0.1, 0.15) is 5.82 Å². The minimum atomic E-state index is 0.106. The van der Waals surface area contributed by atoms with Crippen molar-refractivity contribution in [1.29, 1.82) is 0 Å². The van der Waals surface area contributed by atoms with Gasteiger partial charge in [0.2, 0.25) is 0 Å². The Morgan fingerprint density at radius 1 is 0.724 bits per heavy atom. The second kappa shape index (κ2) is 6.46. The summed E-state index contributed by atoms with van der Waals surface area (Å²) in [7, 11) is 0. The van der Waals surface area contributed by atoms with E-state index in [9.17, 15) is 0 Å². The van der Waals surface area contributed by atoms with E-state index < -0.39 is 0 Å². The maximum atomic E-state index is 5.09. The Morgan fingerprint density at radius 3 is 1.97 bits per heavy atom. The molecule has 4 heteroatoms. The van der Waals surface area contributed by atoms with Crippen LogP contribution in [0.15, 0.2) is 60.7 Å². The largest absolute Gasteiger partial charge is 0.212 e. The molecule has 3 saturated carbocycles. The molecule has 29 heavy (non-hydrogen) atoms. The first-order valence-corrected chi connectivity index (χ1v) is 11.5. The molecule has 3 fully saturated rings. The standard InChI is InChI=1S/C25H24BrN3/c26-25-14-13-24(12-11-19(15-25)20(25)16-24)23-28-21(17-7-3-1-4-8-17)27-22(29-23)18-9-5-2-6-10-18/h1-10,19-20H,11-16H2. The molecule has 4 unspecified atom stereocenters. The van der Waals surface area contributed by atoms with Gasteiger partial charge in [-0.2, -0.15) is 0 Å². The molecule has 3 aliphatic carbocycles. The number of nitrogens with zero attached hydrogens (tertiary/aromatic N) is 3. The van der Waals surface area contributed by atoms with Crippen LogP contribution in [-0.2, 0) is 5.41 Å². The first-order valence-electron chi connectivity index (χ1n) is 10.7. The van der Waals surface area contributed by atoms with Crippen molar-refractivity contribution in [3.8, 4) is 22.8 Å². The average molecular weight is 446 g/mol. The molecule has 146 valence electrons. The van der Waals surface area contributed by atoms with Gasteiger partial charge in [-0.15, -0.1) is 0 Å². The van der Waals surface area contributed by atoms with Crippen LogP contribution >= 0.6 is 15.9 Å². The fourth-order valence-corrected chi connectivity index (χ4v) is 7.10. The third kappa shape index (κ3) is 2.79. The van der Waals surface area contributed by atoms with Crippen molar-refractivity contribution < 1.29 is 0 Å². The van der Waals surface area contributed by atoms with Crippen LogP contribution in [0.2, 0.25) is 0 Å². The zero-order valence-corrected chi connectivity index (χ0v) is 18.0. The summed E-state index contributed by atoms with van der Waals surface area (Å²) in [6, 6.07) is 20.7. The summed E-state index contributed by atoms with van der Waals surface area (Å²) >= 11 is 4.09. The molecule has 0 saturated heterocycles. The highest BCUT2D eigenvalue weighted by atomic mass is 79.9. The highest BCUT2D eigenvalue weighted by Gasteiger charge is 2.61. The van der Waals surface area contributed by atoms with Gasteiger partial charge in [-0.05, 0) is 50.4 Å². The Labute approximate surface area is 180 Å². The lowest BCUT2D eigenvalue weighted by molar-refractivity contribution is -0.0293. The van der Waals surface area contributed by atoms with Gasteiger partial charge >= 0.3 is 0 Å². The molecular weight excluding hydrogens is 422 g/mol. The second-order valence-electron chi connectivity index (χ2n) is 9.17. The number of fused-ring (bicyclic) bond motifs is 1. The first-order chi connectivity index (χ1) is 14.2. The van der Waals surface area contributed by atoms with E-state index >= 15 is 0 Å². The van der Waals surface area contributed by atoms with Gasteiger partial charge in [0.05, 0.1) is 0 Å². The van der Waals surface area contributed by atoms with E-state index in [0.717, 1.165) is 40.4 Å². The lowest BCUT2D eigenvalue weighted by atomic mass is 9.46. The average Bonchev–Trinajstić information content (AvgIpc) is 2.77.